The molecule has 0 amide bonds. The van der Waals surface area contributed by atoms with E-state index < -0.39 is 0 Å². The van der Waals surface area contributed by atoms with Crippen molar-refractivity contribution in [3.63, 3.8) is 0 Å². The molecule has 2 aromatic carbocycles. The summed E-state index contributed by atoms with van der Waals surface area (Å²) < 4.78 is 1.60. The lowest BCUT2D eigenvalue weighted by atomic mass is 10.1. The molecule has 4 heteroatoms. The minimum Gasteiger partial charge on any atom is -0.384 e. The first-order chi connectivity index (χ1) is 8.79. The number of hydrogen-bond donors (Lipinski definition) is 1. The molecule has 0 atom stereocenters. The molecule has 0 bridgehead atoms. The first-order valence-electron chi connectivity index (χ1n) is 5.53. The Kier molecular flexibility index (Phi) is 2.24. The molecule has 3 rings (SSSR count). The summed E-state index contributed by atoms with van der Waals surface area (Å²) in [6.45, 7) is 0. The molecule has 0 saturated heterocycles. The smallest absolute Gasteiger partial charge is 0.165 e. The van der Waals surface area contributed by atoms with Gasteiger partial charge in [0.2, 0.25) is 0 Å². The Morgan fingerprint density at radius 3 is 2.67 bits per heavy atom. The summed E-state index contributed by atoms with van der Waals surface area (Å²) in [5.74, 6) is 0.461. The van der Waals surface area contributed by atoms with Crippen LogP contribution in [-0.4, -0.2) is 9.78 Å². The quantitative estimate of drug-likeness (QED) is 0.703. The van der Waals surface area contributed by atoms with E-state index >= 15 is 0 Å². The number of fused-ring (bicyclic) bond motifs is 1. The average molecular weight is 234 g/mol. The number of rotatable bonds is 1. The molecule has 0 fully saturated rings. The Morgan fingerprint density at radius 2 is 1.89 bits per heavy atom. The van der Waals surface area contributed by atoms with E-state index in [4.69, 9.17) is 11.0 Å². The van der Waals surface area contributed by atoms with Gasteiger partial charge in [0.1, 0.15) is 11.9 Å². The Hall–Kier alpha value is -2.80. The van der Waals surface area contributed by atoms with Gasteiger partial charge in [-0.2, -0.15) is 10.4 Å². The van der Waals surface area contributed by atoms with Crippen LogP contribution in [0, 0.1) is 11.3 Å². The lowest BCUT2D eigenvalue weighted by Gasteiger charge is -2.07. The Labute approximate surface area is 104 Å². The SMILES string of the molecule is N#Cc1cc(N)n(-c2cccc3ccccc23)n1. The van der Waals surface area contributed by atoms with Gasteiger partial charge in [-0.1, -0.05) is 36.4 Å². The van der Waals surface area contributed by atoms with E-state index in [-0.39, 0.29) is 0 Å². The molecule has 0 radical (unpaired) electrons. The molecule has 86 valence electrons. The summed E-state index contributed by atoms with van der Waals surface area (Å²) in [7, 11) is 0. The molecule has 0 unspecified atom stereocenters. The van der Waals surface area contributed by atoms with Gasteiger partial charge in [-0.25, -0.2) is 4.68 Å². The first kappa shape index (κ1) is 10.4. The maximum absolute atomic E-state index is 8.85. The van der Waals surface area contributed by atoms with E-state index in [1.165, 1.54) is 0 Å². The fourth-order valence-electron chi connectivity index (χ4n) is 2.04. The molecule has 0 saturated carbocycles. The van der Waals surface area contributed by atoms with Crippen molar-refractivity contribution in [2.24, 2.45) is 0 Å². The van der Waals surface area contributed by atoms with Crippen LogP contribution in [0.1, 0.15) is 5.69 Å². The van der Waals surface area contributed by atoms with Crippen molar-refractivity contribution < 1.29 is 0 Å². The second-order valence-electron chi connectivity index (χ2n) is 3.98. The monoisotopic (exact) mass is 234 g/mol. The van der Waals surface area contributed by atoms with Crippen molar-refractivity contribution in [1.29, 1.82) is 5.26 Å². The van der Waals surface area contributed by atoms with Crippen molar-refractivity contribution in [1.82, 2.24) is 9.78 Å². The molecule has 18 heavy (non-hydrogen) atoms. The van der Waals surface area contributed by atoms with Gasteiger partial charge in [-0.3, -0.25) is 0 Å². The zero-order valence-electron chi connectivity index (χ0n) is 9.54. The first-order valence-corrected chi connectivity index (χ1v) is 5.53. The highest BCUT2D eigenvalue weighted by Gasteiger charge is 2.09. The van der Waals surface area contributed by atoms with Gasteiger partial charge in [0.15, 0.2) is 5.69 Å². The zero-order valence-corrected chi connectivity index (χ0v) is 9.54. The predicted octanol–water partition coefficient (Wildman–Crippen LogP) is 2.48. The summed E-state index contributed by atoms with van der Waals surface area (Å²) in [6, 6.07) is 17.5. The molecule has 1 aromatic heterocycles. The topological polar surface area (TPSA) is 67.6 Å². The fourth-order valence-corrected chi connectivity index (χ4v) is 2.04. The number of nitrogens with two attached hydrogens (primary N) is 1. The highest BCUT2D eigenvalue weighted by atomic mass is 15.3. The van der Waals surface area contributed by atoms with E-state index in [0.29, 0.717) is 11.5 Å². The number of aromatic nitrogens is 2. The summed E-state index contributed by atoms with van der Waals surface area (Å²) in [5, 5.41) is 15.2. The Morgan fingerprint density at radius 1 is 1.11 bits per heavy atom. The fraction of sp³-hybridized carbons (Fsp3) is 0. The molecular weight excluding hydrogens is 224 g/mol. The number of nitrogen functional groups attached to an aromatic ring is 1. The number of anilines is 1. The standard InChI is InChI=1S/C14H10N4/c15-9-11-8-14(16)18(17-11)13-7-3-5-10-4-1-2-6-12(10)13/h1-8H,16H2. The van der Waals surface area contributed by atoms with Crippen LogP contribution in [-0.2, 0) is 0 Å². The normalized spacial score (nSPS) is 10.4. The van der Waals surface area contributed by atoms with Crippen molar-refractivity contribution >= 4 is 16.6 Å². The van der Waals surface area contributed by atoms with Gasteiger partial charge in [0.05, 0.1) is 5.69 Å². The van der Waals surface area contributed by atoms with E-state index in [0.717, 1.165) is 16.5 Å². The van der Waals surface area contributed by atoms with Crippen LogP contribution >= 0.6 is 0 Å². The van der Waals surface area contributed by atoms with E-state index in [9.17, 15) is 0 Å². The van der Waals surface area contributed by atoms with E-state index in [1.807, 2.05) is 48.5 Å². The van der Waals surface area contributed by atoms with E-state index in [2.05, 4.69) is 5.10 Å². The van der Waals surface area contributed by atoms with Crippen LogP contribution < -0.4 is 5.73 Å². The van der Waals surface area contributed by atoms with Gasteiger partial charge in [0.25, 0.3) is 0 Å². The molecule has 0 spiro atoms. The van der Waals surface area contributed by atoms with Crippen LogP contribution in [0.4, 0.5) is 5.82 Å². The largest absolute Gasteiger partial charge is 0.384 e. The third-order valence-electron chi connectivity index (χ3n) is 2.85. The number of nitrogens with zero attached hydrogens (tertiary/aromatic N) is 3. The van der Waals surface area contributed by atoms with Gasteiger partial charge < -0.3 is 5.73 Å². The number of hydrogen-bond acceptors (Lipinski definition) is 3. The Bertz CT molecular complexity index is 760. The zero-order chi connectivity index (χ0) is 12.5. The molecule has 2 N–H and O–H groups in total. The minimum absolute atomic E-state index is 0.320. The average Bonchev–Trinajstić information content (AvgIpc) is 2.79. The van der Waals surface area contributed by atoms with Crippen LogP contribution in [0.3, 0.4) is 0 Å². The van der Waals surface area contributed by atoms with Crippen molar-refractivity contribution in [3.8, 4) is 11.8 Å². The Balaban J connectivity index is 2.32. The van der Waals surface area contributed by atoms with Crippen LogP contribution in [0.2, 0.25) is 0 Å². The van der Waals surface area contributed by atoms with Crippen molar-refractivity contribution in [2.75, 3.05) is 5.73 Å². The number of nitriles is 1. The predicted molar refractivity (Wildman–Crippen MR) is 70.2 cm³/mol. The maximum atomic E-state index is 8.85. The lowest BCUT2D eigenvalue weighted by Crippen LogP contribution is -2.02. The third kappa shape index (κ3) is 1.50. The van der Waals surface area contributed by atoms with Crippen LogP contribution in [0.15, 0.2) is 48.5 Å². The summed E-state index contributed by atoms with van der Waals surface area (Å²) in [4.78, 5) is 0. The molecular formula is C14H10N4. The molecule has 4 nitrogen and oxygen atoms in total. The second kappa shape index (κ2) is 3.90. The summed E-state index contributed by atoms with van der Waals surface area (Å²) in [6.07, 6.45) is 0. The molecule has 3 aromatic rings. The van der Waals surface area contributed by atoms with Gasteiger partial charge in [0, 0.05) is 11.5 Å². The van der Waals surface area contributed by atoms with Crippen molar-refractivity contribution in [2.45, 2.75) is 0 Å². The highest BCUT2D eigenvalue weighted by Crippen LogP contribution is 2.23. The minimum atomic E-state index is 0.320. The molecule has 0 aliphatic carbocycles. The van der Waals surface area contributed by atoms with Gasteiger partial charge >= 0.3 is 0 Å². The molecule has 1 heterocycles. The van der Waals surface area contributed by atoms with Gasteiger partial charge in [-0.15, -0.1) is 0 Å². The van der Waals surface area contributed by atoms with Gasteiger partial charge in [-0.05, 0) is 11.5 Å². The number of benzene rings is 2. The summed E-state index contributed by atoms with van der Waals surface area (Å²) in [5.41, 5.74) is 7.09. The molecule has 0 aliphatic heterocycles. The van der Waals surface area contributed by atoms with E-state index in [1.54, 1.807) is 10.7 Å². The molecule has 0 aliphatic rings. The lowest BCUT2D eigenvalue weighted by molar-refractivity contribution is 0.890. The second-order valence-corrected chi connectivity index (χ2v) is 3.98. The summed E-state index contributed by atoms with van der Waals surface area (Å²) >= 11 is 0. The third-order valence-corrected chi connectivity index (χ3v) is 2.85. The van der Waals surface area contributed by atoms with Crippen LogP contribution in [0.5, 0.6) is 0 Å². The van der Waals surface area contributed by atoms with Crippen LogP contribution in [0.25, 0.3) is 16.5 Å². The maximum Gasteiger partial charge on any atom is 0.165 e. The van der Waals surface area contributed by atoms with Crippen molar-refractivity contribution in [3.05, 3.63) is 54.2 Å². The highest BCUT2D eigenvalue weighted by molar-refractivity contribution is 5.90.